The summed E-state index contributed by atoms with van der Waals surface area (Å²) in [6.07, 6.45) is 2.43. The van der Waals surface area contributed by atoms with Crippen molar-refractivity contribution in [3.05, 3.63) is 34.9 Å². The highest BCUT2D eigenvalue weighted by Crippen LogP contribution is 2.27. The van der Waals surface area contributed by atoms with E-state index in [1.807, 2.05) is 4.90 Å². The van der Waals surface area contributed by atoms with Gasteiger partial charge in [0.25, 0.3) is 0 Å². The lowest BCUT2D eigenvalue weighted by Gasteiger charge is -2.35. The van der Waals surface area contributed by atoms with Gasteiger partial charge in [-0.2, -0.15) is 0 Å². The van der Waals surface area contributed by atoms with Crippen LogP contribution in [0.15, 0.2) is 24.3 Å². The Kier molecular flexibility index (Phi) is 4.82. The summed E-state index contributed by atoms with van der Waals surface area (Å²) in [5.74, 6) is -1.50. The number of halogens is 1. The van der Waals surface area contributed by atoms with Gasteiger partial charge in [0, 0.05) is 23.3 Å². The smallest absolute Gasteiger partial charge is 0.328 e. The third-order valence-electron chi connectivity index (χ3n) is 3.18. The molecule has 1 atom stereocenters. The summed E-state index contributed by atoms with van der Waals surface area (Å²) in [7, 11) is 0. The maximum absolute atomic E-state index is 11.5. The topological polar surface area (TPSA) is 92.9 Å². The molecule has 0 saturated carbocycles. The fourth-order valence-corrected chi connectivity index (χ4v) is 2.38. The third-order valence-corrected chi connectivity index (χ3v) is 3.51. The Balaban J connectivity index is 2.26. The van der Waals surface area contributed by atoms with Gasteiger partial charge in [0.2, 0.25) is 5.91 Å². The monoisotopic (exact) mass is 310 g/mol. The van der Waals surface area contributed by atoms with Gasteiger partial charge in [0.15, 0.2) is 0 Å². The molecule has 112 valence electrons. The van der Waals surface area contributed by atoms with Crippen LogP contribution in [0.25, 0.3) is 6.08 Å². The van der Waals surface area contributed by atoms with Gasteiger partial charge in [-0.05, 0) is 23.8 Å². The summed E-state index contributed by atoms with van der Waals surface area (Å²) < 4.78 is 5.26. The van der Waals surface area contributed by atoms with Crippen LogP contribution < -0.4 is 10.6 Å². The number of amides is 1. The molecule has 1 aromatic rings. The molecule has 1 heterocycles. The van der Waals surface area contributed by atoms with Crippen molar-refractivity contribution in [1.82, 2.24) is 0 Å². The molecule has 21 heavy (non-hydrogen) atoms. The zero-order valence-corrected chi connectivity index (χ0v) is 11.9. The van der Waals surface area contributed by atoms with E-state index >= 15 is 0 Å². The van der Waals surface area contributed by atoms with Gasteiger partial charge in [0.05, 0.1) is 13.2 Å². The fourth-order valence-electron chi connectivity index (χ4n) is 2.14. The molecule has 0 aliphatic carbocycles. The van der Waals surface area contributed by atoms with Crippen LogP contribution in [0.3, 0.4) is 0 Å². The van der Waals surface area contributed by atoms with Crippen LogP contribution in [0.1, 0.15) is 5.56 Å². The Hall–Kier alpha value is -2.05. The van der Waals surface area contributed by atoms with E-state index < -0.39 is 17.9 Å². The fraction of sp³-hybridized carbons (Fsp3) is 0.286. The predicted molar refractivity (Wildman–Crippen MR) is 79.3 cm³/mol. The highest BCUT2D eigenvalue weighted by molar-refractivity contribution is 6.32. The summed E-state index contributed by atoms with van der Waals surface area (Å²) in [6.45, 7) is 1.28. The predicted octanol–water partition coefficient (Wildman–Crippen LogP) is 1.13. The molecule has 0 spiro atoms. The molecule has 2 rings (SSSR count). The standard InChI is InChI=1S/C14H15ClN2O4/c15-11-7-10(3-1-9(11)2-4-13(18)19)17-5-6-21-8-12(17)14(16)20/h1-4,7,12H,5-6,8H2,(H2,16,20)(H,18,19)/b4-2+. The van der Waals surface area contributed by atoms with E-state index in [2.05, 4.69) is 0 Å². The second kappa shape index (κ2) is 6.60. The lowest BCUT2D eigenvalue weighted by Crippen LogP contribution is -2.52. The number of benzene rings is 1. The van der Waals surface area contributed by atoms with Crippen LogP contribution in [0.2, 0.25) is 5.02 Å². The van der Waals surface area contributed by atoms with Crippen LogP contribution in [0.4, 0.5) is 5.69 Å². The molecule has 0 bridgehead atoms. The van der Waals surface area contributed by atoms with Gasteiger partial charge in [-0.1, -0.05) is 17.7 Å². The molecule has 0 radical (unpaired) electrons. The Morgan fingerprint density at radius 2 is 2.24 bits per heavy atom. The minimum Gasteiger partial charge on any atom is -0.478 e. The molecular weight excluding hydrogens is 296 g/mol. The zero-order valence-electron chi connectivity index (χ0n) is 11.2. The molecule has 3 N–H and O–H groups in total. The van der Waals surface area contributed by atoms with E-state index in [4.69, 9.17) is 27.2 Å². The Bertz CT molecular complexity index is 588. The van der Waals surface area contributed by atoms with Crippen molar-refractivity contribution < 1.29 is 19.4 Å². The number of nitrogens with two attached hydrogens (primary N) is 1. The second-order valence-corrected chi connectivity index (χ2v) is 4.97. The maximum atomic E-state index is 11.5. The van der Waals surface area contributed by atoms with Gasteiger partial charge in [-0.3, -0.25) is 4.79 Å². The van der Waals surface area contributed by atoms with Crippen molar-refractivity contribution in [2.24, 2.45) is 5.73 Å². The summed E-state index contributed by atoms with van der Waals surface area (Å²) in [5, 5.41) is 9.02. The average Bonchev–Trinajstić information content (AvgIpc) is 2.45. The van der Waals surface area contributed by atoms with Crippen LogP contribution >= 0.6 is 11.6 Å². The molecule has 7 heteroatoms. The van der Waals surface area contributed by atoms with E-state index in [0.29, 0.717) is 23.7 Å². The van der Waals surface area contributed by atoms with E-state index in [1.165, 1.54) is 6.08 Å². The lowest BCUT2D eigenvalue weighted by atomic mass is 10.1. The number of carbonyl (C=O) groups is 2. The number of anilines is 1. The van der Waals surface area contributed by atoms with E-state index in [0.717, 1.165) is 11.8 Å². The van der Waals surface area contributed by atoms with Gasteiger partial charge in [-0.25, -0.2) is 4.79 Å². The van der Waals surface area contributed by atoms with E-state index in [9.17, 15) is 9.59 Å². The van der Waals surface area contributed by atoms with Crippen molar-refractivity contribution in [3.63, 3.8) is 0 Å². The summed E-state index contributed by atoms with van der Waals surface area (Å²) in [6, 6.07) is 4.62. The van der Waals surface area contributed by atoms with E-state index in [-0.39, 0.29) is 6.61 Å². The number of carboxylic acids is 1. The number of ether oxygens (including phenoxy) is 1. The van der Waals surface area contributed by atoms with Gasteiger partial charge < -0.3 is 20.5 Å². The molecule has 1 fully saturated rings. The molecule has 1 saturated heterocycles. The number of rotatable bonds is 4. The molecule has 1 aromatic carbocycles. The van der Waals surface area contributed by atoms with Crippen molar-refractivity contribution in [3.8, 4) is 0 Å². The second-order valence-electron chi connectivity index (χ2n) is 4.56. The quantitative estimate of drug-likeness (QED) is 0.813. The summed E-state index contributed by atoms with van der Waals surface area (Å²) in [4.78, 5) is 23.8. The van der Waals surface area contributed by atoms with Crippen molar-refractivity contribution in [2.45, 2.75) is 6.04 Å². The number of nitrogens with zero attached hydrogens (tertiary/aromatic N) is 1. The summed E-state index contributed by atoms with van der Waals surface area (Å²) >= 11 is 6.14. The molecule has 1 aliphatic heterocycles. The van der Waals surface area contributed by atoms with Crippen LogP contribution in [0, 0.1) is 0 Å². The first-order valence-corrected chi connectivity index (χ1v) is 6.71. The number of morpholine rings is 1. The molecule has 6 nitrogen and oxygen atoms in total. The largest absolute Gasteiger partial charge is 0.478 e. The third kappa shape index (κ3) is 3.74. The van der Waals surface area contributed by atoms with E-state index in [1.54, 1.807) is 18.2 Å². The normalized spacial score (nSPS) is 18.9. The maximum Gasteiger partial charge on any atom is 0.328 e. The molecular formula is C14H15ClN2O4. The average molecular weight is 311 g/mol. The van der Waals surface area contributed by atoms with Crippen LogP contribution in [0.5, 0.6) is 0 Å². The minimum atomic E-state index is -1.04. The number of hydrogen-bond donors (Lipinski definition) is 2. The number of hydrogen-bond acceptors (Lipinski definition) is 4. The van der Waals surface area contributed by atoms with Gasteiger partial charge in [0.1, 0.15) is 6.04 Å². The highest BCUT2D eigenvalue weighted by atomic mass is 35.5. The molecule has 1 amide bonds. The SMILES string of the molecule is NC(=O)C1COCCN1c1ccc(/C=C/C(=O)O)c(Cl)c1. The Labute approximate surface area is 126 Å². The minimum absolute atomic E-state index is 0.244. The first-order valence-electron chi connectivity index (χ1n) is 6.33. The van der Waals surface area contributed by atoms with Gasteiger partial charge >= 0.3 is 5.97 Å². The summed E-state index contributed by atoms with van der Waals surface area (Å²) in [5.41, 5.74) is 6.71. The first kappa shape index (κ1) is 15.3. The van der Waals surface area contributed by atoms with Crippen LogP contribution in [-0.2, 0) is 14.3 Å². The molecule has 1 aliphatic rings. The Morgan fingerprint density at radius 1 is 1.48 bits per heavy atom. The number of carbonyl (C=O) groups excluding carboxylic acids is 1. The first-order chi connectivity index (χ1) is 9.99. The highest BCUT2D eigenvalue weighted by Gasteiger charge is 2.28. The van der Waals surface area contributed by atoms with Crippen molar-refractivity contribution in [2.75, 3.05) is 24.7 Å². The van der Waals surface area contributed by atoms with Crippen molar-refractivity contribution in [1.29, 1.82) is 0 Å². The number of aliphatic carboxylic acids is 1. The zero-order chi connectivity index (χ0) is 15.4. The van der Waals surface area contributed by atoms with Crippen molar-refractivity contribution >= 4 is 35.2 Å². The number of primary amides is 1. The number of carboxylic acid groups (broad SMARTS) is 1. The lowest BCUT2D eigenvalue weighted by molar-refractivity contribution is -0.131. The van der Waals surface area contributed by atoms with Crippen LogP contribution in [-0.4, -0.2) is 42.8 Å². The molecule has 1 unspecified atom stereocenters. The van der Waals surface area contributed by atoms with Gasteiger partial charge in [-0.15, -0.1) is 0 Å². The molecule has 0 aromatic heterocycles. The Morgan fingerprint density at radius 3 is 2.86 bits per heavy atom.